The zero-order chi connectivity index (χ0) is 6.57. The van der Waals surface area contributed by atoms with Crippen molar-refractivity contribution in [2.24, 2.45) is 16.5 Å². The zero-order valence-corrected chi connectivity index (χ0v) is 5.52. The van der Waals surface area contributed by atoms with Crippen molar-refractivity contribution in [2.45, 2.75) is 0 Å². The average Bonchev–Trinajstić information content (AvgIpc) is 1.65. The number of hydrogen-bond acceptors (Lipinski definition) is 1. The van der Waals surface area contributed by atoms with Crippen molar-refractivity contribution in [3.63, 3.8) is 0 Å². The first kappa shape index (κ1) is 10.9. The van der Waals surface area contributed by atoms with Crippen molar-refractivity contribution in [1.82, 2.24) is 0 Å². The van der Waals surface area contributed by atoms with Crippen LogP contribution in [0.5, 0.6) is 0 Å². The molecule has 0 fully saturated rings. The third-order valence-corrected chi connectivity index (χ3v) is 0.414. The molecule has 0 bridgehead atoms. The van der Waals surface area contributed by atoms with Gasteiger partial charge in [-0.2, -0.15) is 4.99 Å². The van der Waals surface area contributed by atoms with Crippen molar-refractivity contribution in [3.8, 4) is 0 Å². The lowest BCUT2D eigenvalue weighted by molar-refractivity contribution is -0.113. The number of hydrogen-bond donors (Lipinski definition) is 2. The molecule has 0 aliphatic carbocycles. The van der Waals surface area contributed by atoms with Crippen LogP contribution < -0.4 is 11.5 Å². The Labute approximate surface area is 59.0 Å². The summed E-state index contributed by atoms with van der Waals surface area (Å²) in [6, 6.07) is 0. The predicted molar refractivity (Wildman–Crippen MR) is 38.3 cm³/mol. The molecule has 52 valence electrons. The molecular formula is C4H8ClN3O. The molecule has 0 aromatic rings. The number of halogens is 1. The van der Waals surface area contributed by atoms with E-state index in [1.807, 2.05) is 0 Å². The normalized spacial score (nSPS) is 6.67. The van der Waals surface area contributed by atoms with Crippen molar-refractivity contribution < 1.29 is 4.79 Å². The number of guanidine groups is 1. The molecule has 4 N–H and O–H groups in total. The highest BCUT2D eigenvalue weighted by atomic mass is 35.5. The van der Waals surface area contributed by atoms with E-state index in [9.17, 15) is 4.79 Å². The first-order chi connectivity index (χ1) is 3.66. The summed E-state index contributed by atoms with van der Waals surface area (Å²) in [5.41, 5.74) is 9.66. The third kappa shape index (κ3) is 6.97. The van der Waals surface area contributed by atoms with E-state index in [1.54, 1.807) is 0 Å². The molecule has 0 aromatic heterocycles. The van der Waals surface area contributed by atoms with E-state index in [0.29, 0.717) is 0 Å². The highest BCUT2D eigenvalue weighted by Gasteiger charge is 1.86. The van der Waals surface area contributed by atoms with Crippen LogP contribution in [-0.2, 0) is 4.79 Å². The van der Waals surface area contributed by atoms with Crippen LogP contribution in [0, 0.1) is 0 Å². The van der Waals surface area contributed by atoms with E-state index in [-0.39, 0.29) is 18.4 Å². The standard InChI is InChI=1S/C4H7N3O.ClH/c1-2-3(8)7-4(5)6;/h2H,1H2,(H4,5,6,7,8);1H. The van der Waals surface area contributed by atoms with Gasteiger partial charge in [-0.1, -0.05) is 6.58 Å². The van der Waals surface area contributed by atoms with Gasteiger partial charge in [0.1, 0.15) is 0 Å². The van der Waals surface area contributed by atoms with Gasteiger partial charge in [0, 0.05) is 0 Å². The minimum absolute atomic E-state index is 0. The summed E-state index contributed by atoms with van der Waals surface area (Å²) in [6.45, 7) is 3.15. The molecule has 1 amide bonds. The fourth-order valence-corrected chi connectivity index (χ4v) is 0.173. The van der Waals surface area contributed by atoms with Gasteiger partial charge in [-0.05, 0) is 6.08 Å². The van der Waals surface area contributed by atoms with E-state index in [1.165, 1.54) is 0 Å². The maximum Gasteiger partial charge on any atom is 0.272 e. The Bertz CT molecular complexity index is 139. The summed E-state index contributed by atoms with van der Waals surface area (Å²) in [6.07, 6.45) is 1.03. The van der Waals surface area contributed by atoms with Crippen LogP contribution in [0.15, 0.2) is 17.6 Å². The second kappa shape index (κ2) is 5.11. The SMILES string of the molecule is C=CC(=O)N=C(N)N.Cl. The van der Waals surface area contributed by atoms with Crippen molar-refractivity contribution in [2.75, 3.05) is 0 Å². The number of carbonyl (C=O) groups is 1. The van der Waals surface area contributed by atoms with E-state index < -0.39 is 5.91 Å². The first-order valence-corrected chi connectivity index (χ1v) is 1.93. The minimum Gasteiger partial charge on any atom is -0.370 e. The molecule has 9 heavy (non-hydrogen) atoms. The topological polar surface area (TPSA) is 81.5 Å². The molecule has 0 saturated carbocycles. The largest absolute Gasteiger partial charge is 0.370 e. The van der Waals surface area contributed by atoms with Gasteiger partial charge < -0.3 is 11.5 Å². The first-order valence-electron chi connectivity index (χ1n) is 1.93. The highest BCUT2D eigenvalue weighted by molar-refractivity contribution is 5.97. The maximum absolute atomic E-state index is 10.2. The van der Waals surface area contributed by atoms with Crippen LogP contribution in [0.1, 0.15) is 0 Å². The Morgan fingerprint density at radius 2 is 2.00 bits per heavy atom. The van der Waals surface area contributed by atoms with Crippen LogP contribution in [0.2, 0.25) is 0 Å². The molecular weight excluding hydrogens is 142 g/mol. The lowest BCUT2D eigenvalue weighted by atomic mass is 10.6. The average molecular weight is 150 g/mol. The van der Waals surface area contributed by atoms with Gasteiger partial charge in [0.2, 0.25) is 0 Å². The molecule has 0 rings (SSSR count). The van der Waals surface area contributed by atoms with E-state index in [2.05, 4.69) is 11.6 Å². The molecule has 0 aromatic carbocycles. The lowest BCUT2D eigenvalue weighted by Gasteiger charge is -1.83. The van der Waals surface area contributed by atoms with Gasteiger partial charge in [-0.15, -0.1) is 12.4 Å². The monoisotopic (exact) mass is 149 g/mol. The smallest absolute Gasteiger partial charge is 0.272 e. The Kier molecular flexibility index (Phi) is 6.17. The number of rotatable bonds is 1. The van der Waals surface area contributed by atoms with Gasteiger partial charge >= 0.3 is 0 Å². The Morgan fingerprint density at radius 1 is 1.56 bits per heavy atom. The molecule has 0 spiro atoms. The maximum atomic E-state index is 10.2. The van der Waals surface area contributed by atoms with Crippen LogP contribution in [0.3, 0.4) is 0 Å². The van der Waals surface area contributed by atoms with Crippen molar-refractivity contribution >= 4 is 24.3 Å². The predicted octanol–water partition coefficient (Wildman–Crippen LogP) is -0.606. The Balaban J connectivity index is 0. The van der Waals surface area contributed by atoms with Gasteiger partial charge in [0.15, 0.2) is 5.96 Å². The van der Waals surface area contributed by atoms with Crippen LogP contribution in [-0.4, -0.2) is 11.9 Å². The van der Waals surface area contributed by atoms with Crippen LogP contribution >= 0.6 is 12.4 Å². The molecule has 0 aliphatic rings. The third-order valence-electron chi connectivity index (χ3n) is 0.414. The Hall–Kier alpha value is -1.03. The molecule has 0 saturated heterocycles. The second-order valence-electron chi connectivity index (χ2n) is 1.08. The summed E-state index contributed by atoms with van der Waals surface area (Å²) in [5.74, 6) is -0.764. The van der Waals surface area contributed by atoms with Crippen molar-refractivity contribution in [1.29, 1.82) is 0 Å². The summed E-state index contributed by atoms with van der Waals surface area (Å²) in [7, 11) is 0. The molecule has 0 unspecified atom stereocenters. The van der Waals surface area contributed by atoms with E-state index >= 15 is 0 Å². The van der Waals surface area contributed by atoms with E-state index in [4.69, 9.17) is 11.5 Å². The minimum atomic E-state index is -0.523. The summed E-state index contributed by atoms with van der Waals surface area (Å²) >= 11 is 0. The van der Waals surface area contributed by atoms with E-state index in [0.717, 1.165) is 6.08 Å². The number of amides is 1. The summed E-state index contributed by atoms with van der Waals surface area (Å²) < 4.78 is 0. The highest BCUT2D eigenvalue weighted by Crippen LogP contribution is 1.71. The molecule has 5 heteroatoms. The quantitative estimate of drug-likeness (QED) is 0.297. The lowest BCUT2D eigenvalue weighted by Crippen LogP contribution is -2.23. The molecule has 4 nitrogen and oxygen atoms in total. The van der Waals surface area contributed by atoms with Gasteiger partial charge in [0.05, 0.1) is 0 Å². The molecule has 0 aliphatic heterocycles. The molecule has 0 radical (unpaired) electrons. The summed E-state index contributed by atoms with van der Waals surface area (Å²) in [4.78, 5) is 13.3. The number of nitrogens with two attached hydrogens (primary N) is 2. The fourth-order valence-electron chi connectivity index (χ4n) is 0.173. The van der Waals surface area contributed by atoms with Crippen LogP contribution in [0.25, 0.3) is 0 Å². The summed E-state index contributed by atoms with van der Waals surface area (Å²) in [5, 5.41) is 0. The van der Waals surface area contributed by atoms with Gasteiger partial charge in [0.25, 0.3) is 5.91 Å². The van der Waals surface area contributed by atoms with Gasteiger partial charge in [-0.3, -0.25) is 4.79 Å². The zero-order valence-electron chi connectivity index (χ0n) is 4.70. The Morgan fingerprint density at radius 3 is 2.11 bits per heavy atom. The van der Waals surface area contributed by atoms with Crippen LogP contribution in [0.4, 0.5) is 0 Å². The molecule has 0 heterocycles. The number of nitrogens with zero attached hydrogens (tertiary/aromatic N) is 1. The van der Waals surface area contributed by atoms with Gasteiger partial charge in [-0.25, -0.2) is 0 Å². The molecule has 0 atom stereocenters. The second-order valence-corrected chi connectivity index (χ2v) is 1.08. The number of carbonyl (C=O) groups excluding carboxylic acids is 1. The van der Waals surface area contributed by atoms with Crippen molar-refractivity contribution in [3.05, 3.63) is 12.7 Å². The number of aliphatic imine (C=N–C) groups is 1. The fraction of sp³-hybridized carbons (Fsp3) is 0.